The Bertz CT molecular complexity index is 400. The molecule has 1 heterocycles. The zero-order valence-electron chi connectivity index (χ0n) is 9.87. The van der Waals surface area contributed by atoms with Crippen molar-refractivity contribution < 1.29 is 18.9 Å². The monoisotopic (exact) mass is 272 g/mol. The smallest absolute Gasteiger partial charge is 0.317 e. The van der Waals surface area contributed by atoms with Gasteiger partial charge in [-0.05, 0) is 6.42 Å². The number of nitrogens with one attached hydrogen (secondary N) is 1. The molecule has 1 aliphatic heterocycles. The molecule has 0 bridgehead atoms. The summed E-state index contributed by atoms with van der Waals surface area (Å²) < 4.78 is 11.2. The van der Waals surface area contributed by atoms with Crippen molar-refractivity contribution >= 4 is 22.8 Å². The third-order valence-electron chi connectivity index (χ3n) is 3.17. The van der Waals surface area contributed by atoms with Gasteiger partial charge in [0.05, 0.1) is 12.0 Å². The number of hydrogen-bond donors (Lipinski definition) is 2. The van der Waals surface area contributed by atoms with Gasteiger partial charge in [0, 0.05) is 35.4 Å². The lowest BCUT2D eigenvalue weighted by Crippen LogP contribution is -2.49. The van der Waals surface area contributed by atoms with Crippen molar-refractivity contribution in [2.75, 3.05) is 24.6 Å². The normalized spacial score (nSPS) is 28.3. The molecule has 2 aliphatic rings. The summed E-state index contributed by atoms with van der Waals surface area (Å²) in [7, 11) is -0.807. The fourth-order valence-corrected chi connectivity index (χ4v) is 3.13. The molecule has 6 nitrogen and oxygen atoms in total. The molecule has 0 spiro atoms. The number of rotatable bonds is 2. The lowest BCUT2D eigenvalue weighted by atomic mass is 10.1. The second kappa shape index (κ2) is 5.51. The molecular weight excluding hydrogens is 256 g/mol. The molecule has 2 amide bonds. The molecule has 2 atom stereocenters. The highest BCUT2D eigenvalue weighted by Crippen LogP contribution is 2.18. The van der Waals surface area contributed by atoms with Crippen molar-refractivity contribution in [3.05, 3.63) is 12.2 Å². The van der Waals surface area contributed by atoms with Crippen LogP contribution in [0.1, 0.15) is 6.42 Å². The minimum absolute atomic E-state index is 0.201. The van der Waals surface area contributed by atoms with Crippen LogP contribution < -0.4 is 5.32 Å². The predicted molar refractivity (Wildman–Crippen MR) is 66.7 cm³/mol. The summed E-state index contributed by atoms with van der Waals surface area (Å²) in [6.07, 6.45) is 3.73. The number of nitrogens with zero attached hydrogens (tertiary/aromatic N) is 1. The van der Waals surface area contributed by atoms with Crippen molar-refractivity contribution in [1.29, 1.82) is 0 Å². The summed E-state index contributed by atoms with van der Waals surface area (Å²) in [5, 5.41) is 11.6. The number of aliphatic carboxylic acids is 1. The van der Waals surface area contributed by atoms with Crippen LogP contribution in [0, 0.1) is 5.92 Å². The Morgan fingerprint density at radius 1 is 1.28 bits per heavy atom. The van der Waals surface area contributed by atoms with E-state index in [-0.39, 0.29) is 12.1 Å². The Hall–Kier alpha value is -1.37. The molecule has 2 unspecified atom stereocenters. The first-order chi connectivity index (χ1) is 8.56. The van der Waals surface area contributed by atoms with Crippen molar-refractivity contribution in [3.8, 4) is 0 Å². The van der Waals surface area contributed by atoms with E-state index >= 15 is 0 Å². The van der Waals surface area contributed by atoms with E-state index in [0.717, 1.165) is 0 Å². The Kier molecular flexibility index (Phi) is 4.00. The van der Waals surface area contributed by atoms with Gasteiger partial charge >= 0.3 is 12.0 Å². The SMILES string of the molecule is O=C(O)C1C=CC(NC(=O)N2CCS(=O)CC2)C1. The molecule has 2 rings (SSSR count). The van der Waals surface area contributed by atoms with Crippen molar-refractivity contribution in [1.82, 2.24) is 10.2 Å². The van der Waals surface area contributed by atoms with Gasteiger partial charge in [-0.25, -0.2) is 4.79 Å². The van der Waals surface area contributed by atoms with E-state index in [1.165, 1.54) is 0 Å². The summed E-state index contributed by atoms with van der Waals surface area (Å²) in [6.45, 7) is 0.995. The molecule has 0 saturated carbocycles. The zero-order chi connectivity index (χ0) is 13.1. The number of urea groups is 1. The van der Waals surface area contributed by atoms with E-state index in [4.69, 9.17) is 5.11 Å². The third-order valence-corrected chi connectivity index (χ3v) is 4.45. The minimum atomic E-state index is -0.864. The molecule has 18 heavy (non-hydrogen) atoms. The largest absolute Gasteiger partial charge is 0.481 e. The second-order valence-corrected chi connectivity index (χ2v) is 6.15. The van der Waals surface area contributed by atoms with Gasteiger partial charge < -0.3 is 15.3 Å². The number of carboxylic acids is 1. The zero-order valence-corrected chi connectivity index (χ0v) is 10.7. The standard InChI is InChI=1S/C11H16N2O4S/c14-10(15)8-1-2-9(7-8)12-11(16)13-3-5-18(17)6-4-13/h1-2,8-9H,3-7H2,(H,12,16)(H,14,15). The summed E-state index contributed by atoms with van der Waals surface area (Å²) in [5.74, 6) is -0.335. The first kappa shape index (κ1) is 13.1. The van der Waals surface area contributed by atoms with Gasteiger partial charge in [0.25, 0.3) is 0 Å². The van der Waals surface area contributed by atoms with Gasteiger partial charge in [0.15, 0.2) is 0 Å². The number of carbonyl (C=O) groups is 2. The van der Waals surface area contributed by atoms with Crippen LogP contribution in [-0.2, 0) is 15.6 Å². The van der Waals surface area contributed by atoms with E-state index in [1.807, 2.05) is 0 Å². The maximum Gasteiger partial charge on any atom is 0.317 e. The van der Waals surface area contributed by atoms with E-state index in [0.29, 0.717) is 31.0 Å². The van der Waals surface area contributed by atoms with Gasteiger partial charge in [-0.1, -0.05) is 12.2 Å². The van der Waals surface area contributed by atoms with Crippen LogP contribution in [0.4, 0.5) is 4.79 Å². The maximum absolute atomic E-state index is 11.9. The quantitative estimate of drug-likeness (QED) is 0.681. The number of hydrogen-bond acceptors (Lipinski definition) is 3. The minimum Gasteiger partial charge on any atom is -0.481 e. The molecule has 1 aliphatic carbocycles. The Morgan fingerprint density at radius 2 is 1.94 bits per heavy atom. The van der Waals surface area contributed by atoms with Crippen LogP contribution >= 0.6 is 0 Å². The van der Waals surface area contributed by atoms with Crippen LogP contribution in [0.3, 0.4) is 0 Å². The molecular formula is C11H16N2O4S. The highest BCUT2D eigenvalue weighted by Gasteiger charge is 2.27. The fourth-order valence-electron chi connectivity index (χ4n) is 2.08. The third kappa shape index (κ3) is 3.10. The van der Waals surface area contributed by atoms with E-state index < -0.39 is 22.7 Å². The number of carbonyl (C=O) groups excluding carboxylic acids is 1. The maximum atomic E-state index is 11.9. The molecule has 1 saturated heterocycles. The highest BCUT2D eigenvalue weighted by atomic mass is 32.2. The first-order valence-electron chi connectivity index (χ1n) is 5.88. The molecule has 0 aromatic heterocycles. The Balaban J connectivity index is 1.80. The molecule has 0 radical (unpaired) electrons. The van der Waals surface area contributed by atoms with Gasteiger partial charge in [-0.3, -0.25) is 9.00 Å². The van der Waals surface area contributed by atoms with Crippen LogP contribution in [0.5, 0.6) is 0 Å². The van der Waals surface area contributed by atoms with E-state index in [1.54, 1.807) is 17.1 Å². The molecule has 100 valence electrons. The Labute approximate surface area is 107 Å². The summed E-state index contributed by atoms with van der Waals surface area (Å²) in [5.41, 5.74) is 0. The average Bonchev–Trinajstić information content (AvgIpc) is 2.78. The number of amides is 2. The van der Waals surface area contributed by atoms with Crippen LogP contribution in [0.25, 0.3) is 0 Å². The topological polar surface area (TPSA) is 86.7 Å². The van der Waals surface area contributed by atoms with Crippen molar-refractivity contribution in [2.24, 2.45) is 5.92 Å². The summed E-state index contributed by atoms with van der Waals surface area (Å²) in [4.78, 5) is 24.3. The molecule has 0 aromatic carbocycles. The summed E-state index contributed by atoms with van der Waals surface area (Å²) in [6, 6.07) is -0.418. The van der Waals surface area contributed by atoms with Crippen LogP contribution in [0.15, 0.2) is 12.2 Å². The average molecular weight is 272 g/mol. The van der Waals surface area contributed by atoms with E-state index in [2.05, 4.69) is 5.32 Å². The lowest BCUT2D eigenvalue weighted by Gasteiger charge is -2.27. The van der Waals surface area contributed by atoms with Gasteiger partial charge in [-0.15, -0.1) is 0 Å². The second-order valence-electron chi connectivity index (χ2n) is 4.46. The van der Waals surface area contributed by atoms with Crippen LogP contribution in [0.2, 0.25) is 0 Å². The van der Waals surface area contributed by atoms with Crippen LogP contribution in [-0.4, -0.2) is 56.9 Å². The molecule has 0 aromatic rings. The predicted octanol–water partition coefficient (Wildman–Crippen LogP) is -0.210. The first-order valence-corrected chi connectivity index (χ1v) is 7.36. The fraction of sp³-hybridized carbons (Fsp3) is 0.636. The number of carboxylic acid groups (broad SMARTS) is 1. The van der Waals surface area contributed by atoms with Gasteiger partial charge in [0.2, 0.25) is 0 Å². The van der Waals surface area contributed by atoms with Crippen molar-refractivity contribution in [3.63, 3.8) is 0 Å². The highest BCUT2D eigenvalue weighted by molar-refractivity contribution is 7.85. The Morgan fingerprint density at radius 3 is 2.50 bits per heavy atom. The summed E-state index contributed by atoms with van der Waals surface area (Å²) >= 11 is 0. The molecule has 7 heteroatoms. The lowest BCUT2D eigenvalue weighted by molar-refractivity contribution is -0.140. The molecule has 1 fully saturated rings. The van der Waals surface area contributed by atoms with Gasteiger partial charge in [-0.2, -0.15) is 0 Å². The van der Waals surface area contributed by atoms with Crippen molar-refractivity contribution in [2.45, 2.75) is 12.5 Å². The van der Waals surface area contributed by atoms with E-state index in [9.17, 15) is 13.8 Å². The van der Waals surface area contributed by atoms with Gasteiger partial charge in [0.1, 0.15) is 0 Å². The molecule has 2 N–H and O–H groups in total.